The van der Waals surface area contributed by atoms with Gasteiger partial charge < -0.3 is 4.74 Å². The molecule has 0 spiro atoms. The van der Waals surface area contributed by atoms with Crippen molar-refractivity contribution in [3.8, 4) is 0 Å². The SMILES string of the molecule is COC(=O)c1ccnc2cc(C)ccc12. The molecule has 0 bridgehead atoms. The lowest BCUT2D eigenvalue weighted by Crippen LogP contribution is -2.02. The number of benzene rings is 1. The molecule has 0 atom stereocenters. The summed E-state index contributed by atoms with van der Waals surface area (Å²) in [5, 5.41) is 0.829. The zero-order valence-corrected chi connectivity index (χ0v) is 8.65. The number of nitrogens with zero attached hydrogens (tertiary/aromatic N) is 1. The van der Waals surface area contributed by atoms with Crippen LogP contribution in [-0.4, -0.2) is 18.1 Å². The first kappa shape index (κ1) is 9.65. The molecule has 1 aromatic heterocycles. The highest BCUT2D eigenvalue weighted by atomic mass is 16.5. The molecule has 0 saturated heterocycles. The van der Waals surface area contributed by atoms with Gasteiger partial charge in [-0.25, -0.2) is 4.79 Å². The normalized spacial score (nSPS) is 10.3. The first-order valence-corrected chi connectivity index (χ1v) is 4.66. The van der Waals surface area contributed by atoms with Crippen LogP contribution in [0.25, 0.3) is 10.9 Å². The third-order valence-electron chi connectivity index (χ3n) is 2.30. The molecule has 0 saturated carbocycles. The minimum atomic E-state index is -0.328. The zero-order valence-electron chi connectivity index (χ0n) is 8.65. The van der Waals surface area contributed by atoms with Crippen molar-refractivity contribution in [3.05, 3.63) is 41.6 Å². The van der Waals surface area contributed by atoms with Gasteiger partial charge in [-0.15, -0.1) is 0 Å². The molecule has 0 unspecified atom stereocenters. The van der Waals surface area contributed by atoms with Crippen molar-refractivity contribution in [3.63, 3.8) is 0 Å². The van der Waals surface area contributed by atoms with Crippen molar-refractivity contribution in [1.29, 1.82) is 0 Å². The van der Waals surface area contributed by atoms with Gasteiger partial charge in [-0.1, -0.05) is 12.1 Å². The molecule has 0 amide bonds. The molecule has 1 heterocycles. The van der Waals surface area contributed by atoms with Crippen LogP contribution in [0.2, 0.25) is 0 Å². The van der Waals surface area contributed by atoms with Gasteiger partial charge in [0, 0.05) is 11.6 Å². The number of ether oxygens (including phenoxy) is 1. The largest absolute Gasteiger partial charge is 0.465 e. The highest BCUT2D eigenvalue weighted by Crippen LogP contribution is 2.18. The molecule has 76 valence electrons. The van der Waals surface area contributed by atoms with E-state index < -0.39 is 0 Å². The Bertz CT molecular complexity index is 520. The second-order valence-electron chi connectivity index (χ2n) is 3.37. The van der Waals surface area contributed by atoms with Crippen molar-refractivity contribution in [2.45, 2.75) is 6.92 Å². The van der Waals surface area contributed by atoms with Crippen LogP contribution in [0.4, 0.5) is 0 Å². The average molecular weight is 201 g/mol. The molecular weight excluding hydrogens is 190 g/mol. The number of hydrogen-bond acceptors (Lipinski definition) is 3. The van der Waals surface area contributed by atoms with Gasteiger partial charge in [-0.3, -0.25) is 4.98 Å². The van der Waals surface area contributed by atoms with E-state index in [1.165, 1.54) is 7.11 Å². The molecule has 3 heteroatoms. The molecule has 2 aromatic rings. The van der Waals surface area contributed by atoms with Gasteiger partial charge >= 0.3 is 5.97 Å². The number of carbonyl (C=O) groups is 1. The van der Waals surface area contributed by atoms with Gasteiger partial charge in [-0.05, 0) is 24.6 Å². The van der Waals surface area contributed by atoms with Gasteiger partial charge in [0.1, 0.15) is 0 Å². The van der Waals surface area contributed by atoms with Crippen LogP contribution in [0, 0.1) is 6.92 Å². The summed E-state index contributed by atoms with van der Waals surface area (Å²) in [6.45, 7) is 1.99. The molecule has 0 aliphatic carbocycles. The third-order valence-corrected chi connectivity index (χ3v) is 2.30. The zero-order chi connectivity index (χ0) is 10.8. The van der Waals surface area contributed by atoms with Crippen LogP contribution >= 0.6 is 0 Å². The maximum Gasteiger partial charge on any atom is 0.338 e. The van der Waals surface area contributed by atoms with E-state index in [4.69, 9.17) is 4.74 Å². The fraction of sp³-hybridized carbons (Fsp3) is 0.167. The van der Waals surface area contributed by atoms with Crippen LogP contribution in [0.1, 0.15) is 15.9 Å². The van der Waals surface area contributed by atoms with E-state index in [1.807, 2.05) is 25.1 Å². The monoisotopic (exact) mass is 201 g/mol. The summed E-state index contributed by atoms with van der Waals surface area (Å²) in [7, 11) is 1.38. The van der Waals surface area contributed by atoms with E-state index in [0.29, 0.717) is 5.56 Å². The van der Waals surface area contributed by atoms with Gasteiger partial charge in [-0.2, -0.15) is 0 Å². The van der Waals surface area contributed by atoms with Crippen LogP contribution < -0.4 is 0 Å². The lowest BCUT2D eigenvalue weighted by Gasteiger charge is -2.04. The summed E-state index contributed by atoms with van der Waals surface area (Å²) in [5.74, 6) is -0.328. The van der Waals surface area contributed by atoms with Gasteiger partial charge in [0.2, 0.25) is 0 Å². The molecule has 3 nitrogen and oxygen atoms in total. The summed E-state index contributed by atoms with van der Waals surface area (Å²) in [6.07, 6.45) is 1.62. The Hall–Kier alpha value is -1.90. The number of carbonyl (C=O) groups excluding carboxylic acids is 1. The van der Waals surface area contributed by atoms with Crippen LogP contribution in [0.5, 0.6) is 0 Å². The van der Waals surface area contributed by atoms with Gasteiger partial charge in [0.05, 0.1) is 18.2 Å². The Balaban J connectivity index is 2.71. The summed E-state index contributed by atoms with van der Waals surface area (Å²) in [6, 6.07) is 7.46. The fourth-order valence-electron chi connectivity index (χ4n) is 1.55. The Kier molecular flexibility index (Phi) is 2.37. The van der Waals surface area contributed by atoms with Gasteiger partial charge in [0.15, 0.2) is 0 Å². The van der Waals surface area contributed by atoms with E-state index in [2.05, 4.69) is 4.98 Å². The van der Waals surface area contributed by atoms with Crippen molar-refractivity contribution < 1.29 is 9.53 Å². The lowest BCUT2D eigenvalue weighted by molar-refractivity contribution is 0.0603. The molecule has 0 aliphatic rings. The number of rotatable bonds is 1. The van der Waals surface area contributed by atoms with E-state index >= 15 is 0 Å². The molecule has 0 radical (unpaired) electrons. The number of pyridine rings is 1. The molecule has 0 fully saturated rings. The van der Waals surface area contributed by atoms with E-state index in [-0.39, 0.29) is 5.97 Å². The molecular formula is C12H11NO2. The predicted octanol–water partition coefficient (Wildman–Crippen LogP) is 2.33. The molecule has 0 aliphatic heterocycles. The Labute approximate surface area is 87.7 Å². The van der Waals surface area contributed by atoms with Crippen LogP contribution in [0.3, 0.4) is 0 Å². The molecule has 15 heavy (non-hydrogen) atoms. The fourth-order valence-corrected chi connectivity index (χ4v) is 1.55. The first-order chi connectivity index (χ1) is 7.22. The number of aryl methyl sites for hydroxylation is 1. The highest BCUT2D eigenvalue weighted by molar-refractivity contribution is 6.03. The molecule has 0 N–H and O–H groups in total. The third kappa shape index (κ3) is 1.68. The van der Waals surface area contributed by atoms with E-state index in [9.17, 15) is 4.79 Å². The standard InChI is InChI=1S/C12H11NO2/c1-8-3-4-9-10(12(14)15-2)5-6-13-11(9)7-8/h3-7H,1-2H3. The maximum absolute atomic E-state index is 11.5. The summed E-state index contributed by atoms with van der Waals surface area (Å²) in [5.41, 5.74) is 2.50. The van der Waals surface area contributed by atoms with E-state index in [0.717, 1.165) is 16.5 Å². The van der Waals surface area contributed by atoms with Crippen molar-refractivity contribution in [2.24, 2.45) is 0 Å². The second-order valence-corrected chi connectivity index (χ2v) is 3.37. The number of aromatic nitrogens is 1. The van der Waals surface area contributed by atoms with E-state index in [1.54, 1.807) is 12.3 Å². The highest BCUT2D eigenvalue weighted by Gasteiger charge is 2.09. The average Bonchev–Trinajstić information content (AvgIpc) is 2.26. The van der Waals surface area contributed by atoms with Crippen molar-refractivity contribution in [1.82, 2.24) is 4.98 Å². The number of methoxy groups -OCH3 is 1. The van der Waals surface area contributed by atoms with Crippen molar-refractivity contribution >= 4 is 16.9 Å². The lowest BCUT2D eigenvalue weighted by atomic mass is 10.1. The first-order valence-electron chi connectivity index (χ1n) is 4.66. The number of fused-ring (bicyclic) bond motifs is 1. The van der Waals surface area contributed by atoms with Gasteiger partial charge in [0.25, 0.3) is 0 Å². The topological polar surface area (TPSA) is 39.2 Å². The van der Waals surface area contributed by atoms with Crippen molar-refractivity contribution in [2.75, 3.05) is 7.11 Å². The van der Waals surface area contributed by atoms with Crippen LogP contribution in [0.15, 0.2) is 30.5 Å². The summed E-state index contributed by atoms with van der Waals surface area (Å²) < 4.78 is 4.71. The summed E-state index contributed by atoms with van der Waals surface area (Å²) >= 11 is 0. The minimum absolute atomic E-state index is 0.328. The number of esters is 1. The quantitative estimate of drug-likeness (QED) is 0.665. The predicted molar refractivity (Wildman–Crippen MR) is 57.8 cm³/mol. The second kappa shape index (κ2) is 3.69. The molecule has 1 aromatic carbocycles. The Morgan fingerprint density at radius 3 is 2.87 bits per heavy atom. The maximum atomic E-state index is 11.5. The Morgan fingerprint density at radius 2 is 2.13 bits per heavy atom. The summed E-state index contributed by atoms with van der Waals surface area (Å²) in [4.78, 5) is 15.7. The Morgan fingerprint density at radius 1 is 1.33 bits per heavy atom. The number of hydrogen-bond donors (Lipinski definition) is 0. The molecule has 2 rings (SSSR count). The van der Waals surface area contributed by atoms with Crippen LogP contribution in [-0.2, 0) is 4.74 Å². The minimum Gasteiger partial charge on any atom is -0.465 e. The smallest absolute Gasteiger partial charge is 0.338 e.